The van der Waals surface area contributed by atoms with E-state index in [1.54, 1.807) is 18.2 Å². The molecule has 7 heteroatoms. The monoisotopic (exact) mass is 331 g/mol. The second kappa shape index (κ2) is 7.15. The van der Waals surface area contributed by atoms with Gasteiger partial charge in [-0.15, -0.1) is 18.3 Å². The number of para-hydroxylation sites is 1. The van der Waals surface area contributed by atoms with Gasteiger partial charge in [0.15, 0.2) is 0 Å². The summed E-state index contributed by atoms with van der Waals surface area (Å²) in [6, 6.07) is 9.09. The number of nitrogens with zero attached hydrogens (tertiary/aromatic N) is 3. The maximum atomic E-state index is 12.4. The third-order valence-electron chi connectivity index (χ3n) is 3.17. The summed E-state index contributed by atoms with van der Waals surface area (Å²) < 4.78 is 1.97. The molecule has 0 saturated carbocycles. The Bertz CT molecular complexity index is 867. The number of thioether (sulfide) groups is 1. The van der Waals surface area contributed by atoms with Gasteiger partial charge in [-0.1, -0.05) is 24.3 Å². The third kappa shape index (κ3) is 3.45. The average Bonchev–Trinajstić information content (AvgIpc) is 2.57. The molecule has 0 saturated heterocycles. The van der Waals surface area contributed by atoms with Gasteiger partial charge in [0.25, 0.3) is 5.56 Å². The SMILES string of the molecule is C=CCSC(=Nc1ccccc1)c1c(O)n(C)c(=O)n(C)c1=O. The van der Waals surface area contributed by atoms with E-state index in [-0.39, 0.29) is 5.56 Å². The van der Waals surface area contributed by atoms with E-state index < -0.39 is 17.1 Å². The third-order valence-corrected chi connectivity index (χ3v) is 4.14. The molecule has 0 unspecified atom stereocenters. The molecule has 2 aromatic rings. The maximum Gasteiger partial charge on any atom is 0.333 e. The number of hydrogen-bond donors (Lipinski definition) is 1. The van der Waals surface area contributed by atoms with E-state index in [9.17, 15) is 14.7 Å². The lowest BCUT2D eigenvalue weighted by atomic mass is 10.3. The van der Waals surface area contributed by atoms with Gasteiger partial charge in [0.05, 0.1) is 5.69 Å². The van der Waals surface area contributed by atoms with Crippen LogP contribution in [-0.4, -0.2) is 25.0 Å². The minimum Gasteiger partial charge on any atom is -0.494 e. The Labute approximate surface area is 137 Å². The van der Waals surface area contributed by atoms with Crippen LogP contribution in [0.1, 0.15) is 5.56 Å². The first-order chi connectivity index (χ1) is 11.0. The molecule has 2 rings (SSSR count). The van der Waals surface area contributed by atoms with Crippen molar-refractivity contribution in [1.29, 1.82) is 0 Å². The maximum absolute atomic E-state index is 12.4. The van der Waals surface area contributed by atoms with Gasteiger partial charge < -0.3 is 5.11 Å². The minimum atomic E-state index is -0.593. The van der Waals surface area contributed by atoms with Gasteiger partial charge in [-0.25, -0.2) is 9.79 Å². The molecule has 0 aliphatic rings. The largest absolute Gasteiger partial charge is 0.494 e. The normalized spacial score (nSPS) is 11.5. The Kier molecular flexibility index (Phi) is 5.23. The summed E-state index contributed by atoms with van der Waals surface area (Å²) in [5.74, 6) is 0.112. The highest BCUT2D eigenvalue weighted by Gasteiger charge is 2.20. The van der Waals surface area contributed by atoms with Crippen molar-refractivity contribution in [2.24, 2.45) is 19.1 Å². The van der Waals surface area contributed by atoms with Crippen LogP contribution >= 0.6 is 11.8 Å². The first-order valence-corrected chi connectivity index (χ1v) is 7.82. The van der Waals surface area contributed by atoms with Crippen LogP contribution in [0.2, 0.25) is 0 Å². The number of benzene rings is 1. The van der Waals surface area contributed by atoms with Gasteiger partial charge >= 0.3 is 5.69 Å². The number of rotatable bonds is 4. The molecule has 0 bridgehead atoms. The molecule has 23 heavy (non-hydrogen) atoms. The van der Waals surface area contributed by atoms with Crippen LogP contribution < -0.4 is 11.2 Å². The zero-order valence-corrected chi connectivity index (χ0v) is 13.7. The van der Waals surface area contributed by atoms with E-state index in [2.05, 4.69) is 11.6 Å². The summed E-state index contributed by atoms with van der Waals surface area (Å²) in [5.41, 5.74) is -0.527. The molecular weight excluding hydrogens is 314 g/mol. The highest BCUT2D eigenvalue weighted by atomic mass is 32.2. The molecule has 1 aromatic heterocycles. The van der Waals surface area contributed by atoms with E-state index in [0.717, 1.165) is 9.13 Å². The lowest BCUT2D eigenvalue weighted by Gasteiger charge is -2.11. The zero-order chi connectivity index (χ0) is 17.0. The predicted molar refractivity (Wildman–Crippen MR) is 93.9 cm³/mol. The van der Waals surface area contributed by atoms with Crippen molar-refractivity contribution in [3.05, 3.63) is 69.4 Å². The van der Waals surface area contributed by atoms with Crippen molar-refractivity contribution in [3.8, 4) is 5.88 Å². The van der Waals surface area contributed by atoms with Gasteiger partial charge in [-0.3, -0.25) is 13.9 Å². The van der Waals surface area contributed by atoms with Crippen molar-refractivity contribution in [2.75, 3.05) is 5.75 Å². The summed E-state index contributed by atoms with van der Waals surface area (Å²) >= 11 is 1.26. The Morgan fingerprint density at radius 1 is 1.26 bits per heavy atom. The van der Waals surface area contributed by atoms with Crippen LogP contribution in [0.4, 0.5) is 5.69 Å². The van der Waals surface area contributed by atoms with E-state index in [0.29, 0.717) is 16.5 Å². The first kappa shape index (κ1) is 16.8. The van der Waals surface area contributed by atoms with Gasteiger partial charge in [0.1, 0.15) is 10.6 Å². The number of hydrogen-bond acceptors (Lipinski definition) is 5. The molecule has 0 spiro atoms. The Balaban J connectivity index is 2.71. The quantitative estimate of drug-likeness (QED) is 0.526. The fraction of sp³-hybridized carbons (Fsp3) is 0.188. The first-order valence-electron chi connectivity index (χ1n) is 6.84. The summed E-state index contributed by atoms with van der Waals surface area (Å²) in [4.78, 5) is 28.7. The molecule has 1 aromatic carbocycles. The van der Waals surface area contributed by atoms with Gasteiger partial charge in [-0.2, -0.15) is 0 Å². The zero-order valence-electron chi connectivity index (χ0n) is 12.9. The minimum absolute atomic E-state index is 0.00491. The fourth-order valence-electron chi connectivity index (χ4n) is 1.94. The second-order valence-corrected chi connectivity index (χ2v) is 5.77. The van der Waals surface area contributed by atoms with Gasteiger partial charge in [-0.05, 0) is 12.1 Å². The van der Waals surface area contributed by atoms with Crippen LogP contribution in [0.25, 0.3) is 0 Å². The topological polar surface area (TPSA) is 76.6 Å². The number of aromatic hydroxyl groups is 1. The molecule has 0 atom stereocenters. The van der Waals surface area contributed by atoms with Gasteiger partial charge in [0, 0.05) is 19.8 Å². The summed E-state index contributed by atoms with van der Waals surface area (Å²) in [6.07, 6.45) is 1.68. The van der Waals surface area contributed by atoms with E-state index in [4.69, 9.17) is 0 Å². The Morgan fingerprint density at radius 3 is 2.52 bits per heavy atom. The van der Waals surface area contributed by atoms with Crippen LogP contribution in [0.5, 0.6) is 5.88 Å². The van der Waals surface area contributed by atoms with Crippen molar-refractivity contribution in [2.45, 2.75) is 0 Å². The second-order valence-electron chi connectivity index (χ2n) is 4.76. The van der Waals surface area contributed by atoms with E-state index in [1.807, 2.05) is 18.2 Å². The van der Waals surface area contributed by atoms with Crippen molar-refractivity contribution < 1.29 is 5.11 Å². The summed E-state index contributed by atoms with van der Waals surface area (Å²) in [6.45, 7) is 3.65. The highest BCUT2D eigenvalue weighted by Crippen LogP contribution is 2.22. The molecule has 0 radical (unpaired) electrons. The molecule has 1 heterocycles. The summed E-state index contributed by atoms with van der Waals surface area (Å²) in [7, 11) is 2.77. The molecular formula is C16H17N3O3S. The van der Waals surface area contributed by atoms with Crippen LogP contribution in [0, 0.1) is 0 Å². The molecule has 0 amide bonds. The van der Waals surface area contributed by atoms with Crippen LogP contribution in [0.15, 0.2) is 57.6 Å². The molecule has 0 fully saturated rings. The number of aliphatic imine (C=N–C) groups is 1. The summed E-state index contributed by atoms with van der Waals surface area (Å²) in [5, 5.41) is 10.6. The smallest absolute Gasteiger partial charge is 0.333 e. The predicted octanol–water partition coefficient (Wildman–Crippen LogP) is 1.79. The highest BCUT2D eigenvalue weighted by molar-refractivity contribution is 8.14. The van der Waals surface area contributed by atoms with Crippen molar-refractivity contribution in [1.82, 2.24) is 9.13 Å². The van der Waals surface area contributed by atoms with E-state index in [1.165, 1.54) is 25.9 Å². The molecule has 120 valence electrons. The van der Waals surface area contributed by atoms with Crippen LogP contribution in [-0.2, 0) is 14.1 Å². The average molecular weight is 331 g/mol. The Hall–Kier alpha value is -2.54. The standard InChI is InChI=1S/C16H17N3O3S/c1-4-10-23-13(17-11-8-6-5-7-9-11)12-14(20)18(2)16(22)19(3)15(12)21/h4-9,20H,1,10H2,2-3H3. The molecule has 6 nitrogen and oxygen atoms in total. The number of aromatic nitrogens is 2. The van der Waals surface area contributed by atoms with Crippen molar-refractivity contribution >= 4 is 22.5 Å². The Morgan fingerprint density at radius 2 is 1.91 bits per heavy atom. The molecule has 0 aliphatic carbocycles. The fourth-order valence-corrected chi connectivity index (χ4v) is 2.71. The lowest BCUT2D eigenvalue weighted by Crippen LogP contribution is -2.39. The van der Waals surface area contributed by atoms with Gasteiger partial charge in [0.2, 0.25) is 5.88 Å². The van der Waals surface area contributed by atoms with Crippen molar-refractivity contribution in [3.63, 3.8) is 0 Å². The molecule has 1 N–H and O–H groups in total. The molecule has 0 aliphatic heterocycles. The van der Waals surface area contributed by atoms with Crippen LogP contribution in [0.3, 0.4) is 0 Å². The lowest BCUT2D eigenvalue weighted by molar-refractivity contribution is 0.410. The van der Waals surface area contributed by atoms with E-state index >= 15 is 0 Å².